The van der Waals surface area contributed by atoms with E-state index >= 15 is 0 Å². The minimum Gasteiger partial charge on any atom is -0.388 e. The third kappa shape index (κ3) is 3.56. The fourth-order valence-electron chi connectivity index (χ4n) is 2.69. The van der Waals surface area contributed by atoms with Crippen LogP contribution < -0.4 is 5.32 Å². The van der Waals surface area contributed by atoms with E-state index in [9.17, 15) is 5.11 Å². The summed E-state index contributed by atoms with van der Waals surface area (Å²) in [6.45, 7) is 2.83. The van der Waals surface area contributed by atoms with E-state index < -0.39 is 5.60 Å². The molecule has 0 aromatic heterocycles. The maximum absolute atomic E-state index is 10.3. The lowest BCUT2D eigenvalue weighted by atomic mass is 9.94. The van der Waals surface area contributed by atoms with Crippen molar-refractivity contribution in [3.05, 3.63) is 35.4 Å². The average molecular weight is 261 g/mol. The van der Waals surface area contributed by atoms with Crippen LogP contribution in [0.3, 0.4) is 0 Å². The fraction of sp³-hybridized carbons (Fsp3) is 0.625. The average Bonchev–Trinajstić information content (AvgIpc) is 3.25. The van der Waals surface area contributed by atoms with Gasteiger partial charge in [-0.25, -0.2) is 0 Å². The van der Waals surface area contributed by atoms with Crippen molar-refractivity contribution < 1.29 is 9.84 Å². The first-order valence-electron chi connectivity index (χ1n) is 7.35. The van der Waals surface area contributed by atoms with Crippen molar-refractivity contribution in [1.82, 2.24) is 5.32 Å². The van der Waals surface area contributed by atoms with Crippen LogP contribution in [0.5, 0.6) is 0 Å². The van der Waals surface area contributed by atoms with E-state index in [-0.39, 0.29) is 0 Å². The Hall–Kier alpha value is -0.900. The highest BCUT2D eigenvalue weighted by Crippen LogP contribution is 2.39. The molecule has 1 saturated heterocycles. The molecule has 0 amide bonds. The summed E-state index contributed by atoms with van der Waals surface area (Å²) in [5.41, 5.74) is 2.19. The lowest BCUT2D eigenvalue weighted by Gasteiger charge is -2.32. The maximum Gasteiger partial charge on any atom is 0.0815 e. The van der Waals surface area contributed by atoms with Crippen LogP contribution in [0.15, 0.2) is 24.3 Å². The highest BCUT2D eigenvalue weighted by Gasteiger charge is 2.29. The van der Waals surface area contributed by atoms with E-state index in [1.54, 1.807) is 0 Å². The van der Waals surface area contributed by atoms with Crippen molar-refractivity contribution >= 4 is 0 Å². The number of nitrogens with one attached hydrogen (secondary N) is 1. The molecule has 3 nitrogen and oxygen atoms in total. The Bertz CT molecular complexity index is 405. The van der Waals surface area contributed by atoms with Crippen molar-refractivity contribution in [2.75, 3.05) is 19.8 Å². The highest BCUT2D eigenvalue weighted by molar-refractivity contribution is 5.27. The molecule has 0 radical (unpaired) electrons. The van der Waals surface area contributed by atoms with Gasteiger partial charge in [-0.2, -0.15) is 0 Å². The Balaban J connectivity index is 1.46. The summed E-state index contributed by atoms with van der Waals surface area (Å²) in [5.74, 6) is 0.824. The minimum absolute atomic E-state index is 0.577. The largest absolute Gasteiger partial charge is 0.388 e. The van der Waals surface area contributed by atoms with Crippen LogP contribution in [0.2, 0.25) is 0 Å². The first-order valence-corrected chi connectivity index (χ1v) is 7.35. The Labute approximate surface area is 115 Å². The Kier molecular flexibility index (Phi) is 3.87. The molecule has 1 aliphatic carbocycles. The molecule has 2 fully saturated rings. The summed E-state index contributed by atoms with van der Waals surface area (Å²) < 4.78 is 5.28. The number of benzene rings is 1. The smallest absolute Gasteiger partial charge is 0.0815 e. The first kappa shape index (κ1) is 13.1. The molecule has 0 unspecified atom stereocenters. The normalized spacial score (nSPS) is 22.4. The van der Waals surface area contributed by atoms with Gasteiger partial charge in [0.2, 0.25) is 0 Å². The van der Waals surface area contributed by atoms with Gasteiger partial charge in [0.1, 0.15) is 0 Å². The van der Waals surface area contributed by atoms with Gasteiger partial charge < -0.3 is 15.2 Å². The Morgan fingerprint density at radius 2 is 1.84 bits per heavy atom. The zero-order chi connectivity index (χ0) is 13.1. The zero-order valence-corrected chi connectivity index (χ0v) is 11.4. The van der Waals surface area contributed by atoms with E-state index in [2.05, 4.69) is 29.6 Å². The summed E-state index contributed by atoms with van der Waals surface area (Å²) in [6.07, 6.45) is 4.18. The van der Waals surface area contributed by atoms with Crippen LogP contribution in [0.1, 0.15) is 42.7 Å². The minimum atomic E-state index is -0.577. The van der Waals surface area contributed by atoms with Gasteiger partial charge in [0.25, 0.3) is 0 Å². The van der Waals surface area contributed by atoms with Crippen molar-refractivity contribution in [3.63, 3.8) is 0 Å². The number of hydrogen-bond acceptors (Lipinski definition) is 3. The standard InChI is InChI=1S/C16H23NO2/c18-16(7-9-19-10-8-16)12-17-11-13-1-3-14(4-2-13)15-5-6-15/h1-4,15,17-18H,5-12H2. The van der Waals surface area contributed by atoms with Crippen molar-refractivity contribution in [2.24, 2.45) is 0 Å². The molecule has 0 spiro atoms. The monoisotopic (exact) mass is 261 g/mol. The summed E-state index contributed by atoms with van der Waals surface area (Å²) in [4.78, 5) is 0. The molecule has 3 heteroatoms. The predicted octanol–water partition coefficient (Wildman–Crippen LogP) is 2.20. The van der Waals surface area contributed by atoms with E-state index in [1.165, 1.54) is 24.0 Å². The van der Waals surface area contributed by atoms with Gasteiger partial charge >= 0.3 is 0 Å². The van der Waals surface area contributed by atoms with Crippen LogP contribution >= 0.6 is 0 Å². The molecule has 1 saturated carbocycles. The molecular weight excluding hydrogens is 238 g/mol. The van der Waals surface area contributed by atoms with Crippen molar-refractivity contribution in [2.45, 2.75) is 43.7 Å². The van der Waals surface area contributed by atoms with Crippen LogP contribution in [0.4, 0.5) is 0 Å². The fourth-order valence-corrected chi connectivity index (χ4v) is 2.69. The van der Waals surface area contributed by atoms with Crippen LogP contribution in [-0.2, 0) is 11.3 Å². The van der Waals surface area contributed by atoms with Crippen LogP contribution in [0, 0.1) is 0 Å². The molecule has 1 aromatic carbocycles. The summed E-state index contributed by atoms with van der Waals surface area (Å²) in [7, 11) is 0. The van der Waals surface area contributed by atoms with E-state index in [0.717, 1.165) is 25.3 Å². The number of hydrogen-bond donors (Lipinski definition) is 2. The SMILES string of the molecule is OC1(CNCc2ccc(C3CC3)cc2)CCOCC1. The maximum atomic E-state index is 10.3. The quantitative estimate of drug-likeness (QED) is 0.854. The van der Waals surface area contributed by atoms with Gasteiger partial charge in [0.15, 0.2) is 0 Å². The van der Waals surface area contributed by atoms with E-state index in [1.807, 2.05) is 0 Å². The molecule has 1 aromatic rings. The van der Waals surface area contributed by atoms with Gasteiger partial charge in [-0.1, -0.05) is 24.3 Å². The molecule has 2 N–H and O–H groups in total. The van der Waals surface area contributed by atoms with Gasteiger partial charge in [0.05, 0.1) is 5.60 Å². The third-order valence-corrected chi connectivity index (χ3v) is 4.24. The molecule has 1 heterocycles. The summed E-state index contributed by atoms with van der Waals surface area (Å²) >= 11 is 0. The second-order valence-corrected chi connectivity index (χ2v) is 5.96. The lowest BCUT2D eigenvalue weighted by molar-refractivity contribution is -0.0617. The van der Waals surface area contributed by atoms with Gasteiger partial charge in [-0.3, -0.25) is 0 Å². The third-order valence-electron chi connectivity index (χ3n) is 4.24. The molecule has 1 aliphatic heterocycles. The molecule has 0 atom stereocenters. The van der Waals surface area contributed by atoms with E-state index in [4.69, 9.17) is 4.74 Å². The highest BCUT2D eigenvalue weighted by atomic mass is 16.5. The summed E-state index contributed by atoms with van der Waals surface area (Å²) in [5, 5.41) is 13.7. The molecule has 19 heavy (non-hydrogen) atoms. The molecule has 0 bridgehead atoms. The summed E-state index contributed by atoms with van der Waals surface area (Å²) in [6, 6.07) is 8.90. The zero-order valence-electron chi connectivity index (χ0n) is 11.4. The molecule has 2 aliphatic rings. The van der Waals surface area contributed by atoms with Gasteiger partial charge in [-0.15, -0.1) is 0 Å². The second kappa shape index (κ2) is 5.61. The van der Waals surface area contributed by atoms with Crippen molar-refractivity contribution in [1.29, 1.82) is 0 Å². The number of aliphatic hydroxyl groups is 1. The predicted molar refractivity (Wildman–Crippen MR) is 75.1 cm³/mol. The van der Waals surface area contributed by atoms with Gasteiger partial charge in [0, 0.05) is 39.1 Å². The second-order valence-electron chi connectivity index (χ2n) is 5.96. The van der Waals surface area contributed by atoms with Crippen LogP contribution in [-0.4, -0.2) is 30.5 Å². The number of rotatable bonds is 5. The van der Waals surface area contributed by atoms with Gasteiger partial charge in [-0.05, 0) is 29.9 Å². The first-order chi connectivity index (χ1) is 9.25. The Morgan fingerprint density at radius 3 is 2.47 bits per heavy atom. The van der Waals surface area contributed by atoms with Crippen molar-refractivity contribution in [3.8, 4) is 0 Å². The Morgan fingerprint density at radius 1 is 1.16 bits per heavy atom. The lowest BCUT2D eigenvalue weighted by Crippen LogP contribution is -2.44. The van der Waals surface area contributed by atoms with Crippen LogP contribution in [0.25, 0.3) is 0 Å². The number of ether oxygens (including phenoxy) is 1. The molecular formula is C16H23NO2. The van der Waals surface area contributed by atoms with E-state index in [0.29, 0.717) is 19.8 Å². The molecule has 3 rings (SSSR count). The topological polar surface area (TPSA) is 41.5 Å². The molecule has 104 valence electrons.